The first-order chi connectivity index (χ1) is 12.2. The quantitative estimate of drug-likeness (QED) is 0.928. The Hall–Kier alpha value is -2.89. The fourth-order valence-electron chi connectivity index (χ4n) is 2.89. The molecule has 0 spiro atoms. The molecule has 0 saturated carbocycles. The number of benzene rings is 2. The minimum atomic E-state index is -0.138. The molecule has 6 nitrogen and oxygen atoms in total. The SMILES string of the molecule is CCc1cccc(OC2CN(C(=O)Nc3ccc4c(c3)OCO4)C2)c1. The average molecular weight is 340 g/mol. The van der Waals surface area contributed by atoms with E-state index in [4.69, 9.17) is 14.2 Å². The second-order valence-corrected chi connectivity index (χ2v) is 6.14. The highest BCUT2D eigenvalue weighted by molar-refractivity contribution is 5.90. The van der Waals surface area contributed by atoms with Crippen LogP contribution < -0.4 is 19.5 Å². The van der Waals surface area contributed by atoms with Gasteiger partial charge in [0.2, 0.25) is 6.79 Å². The highest BCUT2D eigenvalue weighted by Gasteiger charge is 2.32. The van der Waals surface area contributed by atoms with Gasteiger partial charge in [-0.25, -0.2) is 4.79 Å². The van der Waals surface area contributed by atoms with E-state index in [0.29, 0.717) is 30.3 Å². The first-order valence-electron chi connectivity index (χ1n) is 8.42. The Bertz CT molecular complexity index is 787. The molecular weight excluding hydrogens is 320 g/mol. The number of fused-ring (bicyclic) bond motifs is 1. The van der Waals surface area contributed by atoms with E-state index < -0.39 is 0 Å². The van der Waals surface area contributed by atoms with Crippen LogP contribution in [-0.2, 0) is 6.42 Å². The fourth-order valence-corrected chi connectivity index (χ4v) is 2.89. The number of nitrogens with one attached hydrogen (secondary N) is 1. The molecule has 2 amide bonds. The van der Waals surface area contributed by atoms with E-state index in [9.17, 15) is 4.79 Å². The number of amides is 2. The molecule has 2 aliphatic heterocycles. The van der Waals surface area contributed by atoms with Crippen molar-refractivity contribution in [2.24, 2.45) is 0 Å². The van der Waals surface area contributed by atoms with Crippen LogP contribution in [0.5, 0.6) is 17.2 Å². The van der Waals surface area contributed by atoms with Gasteiger partial charge in [0.15, 0.2) is 11.5 Å². The van der Waals surface area contributed by atoms with Gasteiger partial charge < -0.3 is 24.4 Å². The van der Waals surface area contributed by atoms with Crippen LogP contribution >= 0.6 is 0 Å². The van der Waals surface area contributed by atoms with Crippen LogP contribution in [0.25, 0.3) is 0 Å². The molecule has 130 valence electrons. The zero-order chi connectivity index (χ0) is 17.2. The Morgan fingerprint density at radius 1 is 1.20 bits per heavy atom. The van der Waals surface area contributed by atoms with Crippen molar-refractivity contribution in [3.63, 3.8) is 0 Å². The Labute approximate surface area is 146 Å². The summed E-state index contributed by atoms with van der Waals surface area (Å²) < 4.78 is 16.5. The predicted octanol–water partition coefficient (Wildman–Crippen LogP) is 3.27. The molecule has 0 unspecified atom stereocenters. The van der Waals surface area contributed by atoms with Crippen LogP contribution in [0.2, 0.25) is 0 Å². The normalized spacial score (nSPS) is 15.6. The van der Waals surface area contributed by atoms with E-state index in [1.54, 1.807) is 23.1 Å². The van der Waals surface area contributed by atoms with Crippen LogP contribution in [0.3, 0.4) is 0 Å². The van der Waals surface area contributed by atoms with Crippen molar-refractivity contribution in [2.75, 3.05) is 25.2 Å². The molecule has 0 radical (unpaired) electrons. The maximum atomic E-state index is 12.3. The number of aryl methyl sites for hydroxylation is 1. The molecular formula is C19H20N2O4. The van der Waals surface area contributed by atoms with E-state index in [2.05, 4.69) is 24.4 Å². The third-order valence-electron chi connectivity index (χ3n) is 4.37. The number of nitrogens with zero attached hydrogens (tertiary/aromatic N) is 1. The summed E-state index contributed by atoms with van der Waals surface area (Å²) in [5, 5.41) is 2.87. The second kappa shape index (κ2) is 6.55. The summed E-state index contributed by atoms with van der Waals surface area (Å²) in [6.07, 6.45) is 1.01. The first kappa shape index (κ1) is 15.6. The molecule has 6 heteroatoms. The molecule has 0 atom stereocenters. The number of urea groups is 1. The van der Waals surface area contributed by atoms with Gasteiger partial charge in [0, 0.05) is 11.8 Å². The van der Waals surface area contributed by atoms with Gasteiger partial charge in [-0.2, -0.15) is 0 Å². The van der Waals surface area contributed by atoms with Crippen molar-refractivity contribution in [3.05, 3.63) is 48.0 Å². The maximum Gasteiger partial charge on any atom is 0.322 e. The zero-order valence-corrected chi connectivity index (χ0v) is 14.0. The van der Waals surface area contributed by atoms with Crippen molar-refractivity contribution < 1.29 is 19.0 Å². The summed E-state index contributed by atoms with van der Waals surface area (Å²) in [6.45, 7) is 3.49. The van der Waals surface area contributed by atoms with Gasteiger partial charge in [0.25, 0.3) is 0 Å². The number of carbonyl (C=O) groups is 1. The summed E-state index contributed by atoms with van der Waals surface area (Å²) >= 11 is 0. The Kier molecular flexibility index (Phi) is 4.09. The van der Waals surface area contributed by atoms with Gasteiger partial charge in [-0.05, 0) is 36.2 Å². The van der Waals surface area contributed by atoms with E-state index in [0.717, 1.165) is 12.2 Å². The molecule has 2 aromatic carbocycles. The zero-order valence-electron chi connectivity index (χ0n) is 14.0. The monoisotopic (exact) mass is 340 g/mol. The summed E-state index contributed by atoms with van der Waals surface area (Å²) in [5.41, 5.74) is 1.93. The Balaban J connectivity index is 1.29. The largest absolute Gasteiger partial charge is 0.487 e. The molecule has 4 rings (SSSR count). The number of carbonyl (C=O) groups excluding carboxylic acids is 1. The average Bonchev–Trinajstić information content (AvgIpc) is 3.05. The minimum Gasteiger partial charge on any atom is -0.487 e. The van der Waals surface area contributed by atoms with E-state index in [1.807, 2.05) is 12.1 Å². The van der Waals surface area contributed by atoms with Gasteiger partial charge in [0.05, 0.1) is 13.1 Å². The number of ether oxygens (including phenoxy) is 3. The van der Waals surface area contributed by atoms with Crippen molar-refractivity contribution in [1.82, 2.24) is 4.90 Å². The van der Waals surface area contributed by atoms with Crippen LogP contribution in [0.4, 0.5) is 10.5 Å². The molecule has 2 heterocycles. The lowest BCUT2D eigenvalue weighted by Gasteiger charge is -2.38. The predicted molar refractivity (Wildman–Crippen MR) is 93.4 cm³/mol. The summed E-state index contributed by atoms with van der Waals surface area (Å²) in [4.78, 5) is 14.0. The van der Waals surface area contributed by atoms with Crippen LogP contribution in [0.1, 0.15) is 12.5 Å². The van der Waals surface area contributed by atoms with E-state index >= 15 is 0 Å². The van der Waals surface area contributed by atoms with E-state index in [1.165, 1.54) is 5.56 Å². The van der Waals surface area contributed by atoms with Crippen LogP contribution in [0.15, 0.2) is 42.5 Å². The van der Waals surface area contributed by atoms with Gasteiger partial charge in [-0.15, -0.1) is 0 Å². The summed E-state index contributed by atoms with van der Waals surface area (Å²) in [5.74, 6) is 2.21. The van der Waals surface area contributed by atoms with Crippen LogP contribution in [0, 0.1) is 0 Å². The first-order valence-corrected chi connectivity index (χ1v) is 8.42. The lowest BCUT2D eigenvalue weighted by molar-refractivity contribution is 0.0492. The topological polar surface area (TPSA) is 60.0 Å². The summed E-state index contributed by atoms with van der Waals surface area (Å²) in [6, 6.07) is 13.3. The molecule has 1 N–H and O–H groups in total. The number of likely N-dealkylation sites (tertiary alicyclic amines) is 1. The molecule has 0 aromatic heterocycles. The second-order valence-electron chi connectivity index (χ2n) is 6.14. The van der Waals surface area contributed by atoms with Crippen molar-refractivity contribution in [1.29, 1.82) is 0 Å². The number of rotatable bonds is 4. The molecule has 0 bridgehead atoms. The lowest BCUT2D eigenvalue weighted by Crippen LogP contribution is -2.57. The fraction of sp³-hybridized carbons (Fsp3) is 0.316. The molecule has 25 heavy (non-hydrogen) atoms. The Morgan fingerprint density at radius 3 is 2.88 bits per heavy atom. The van der Waals surface area contributed by atoms with Crippen LogP contribution in [-0.4, -0.2) is 36.9 Å². The lowest BCUT2D eigenvalue weighted by atomic mass is 10.1. The minimum absolute atomic E-state index is 0.0367. The molecule has 1 fully saturated rings. The number of anilines is 1. The smallest absolute Gasteiger partial charge is 0.322 e. The molecule has 2 aliphatic rings. The van der Waals surface area contributed by atoms with Crippen molar-refractivity contribution in [2.45, 2.75) is 19.4 Å². The molecule has 2 aromatic rings. The third kappa shape index (κ3) is 3.33. The van der Waals surface area contributed by atoms with E-state index in [-0.39, 0.29) is 18.9 Å². The highest BCUT2D eigenvalue weighted by Crippen LogP contribution is 2.34. The Morgan fingerprint density at radius 2 is 2.04 bits per heavy atom. The highest BCUT2D eigenvalue weighted by atomic mass is 16.7. The van der Waals surface area contributed by atoms with Gasteiger partial charge in [-0.1, -0.05) is 19.1 Å². The van der Waals surface area contributed by atoms with Crippen molar-refractivity contribution in [3.8, 4) is 17.2 Å². The van der Waals surface area contributed by atoms with Crippen molar-refractivity contribution >= 4 is 11.7 Å². The number of hydrogen-bond donors (Lipinski definition) is 1. The molecule has 0 aliphatic carbocycles. The third-order valence-corrected chi connectivity index (χ3v) is 4.37. The van der Waals surface area contributed by atoms with Gasteiger partial charge >= 0.3 is 6.03 Å². The molecule has 1 saturated heterocycles. The standard InChI is InChI=1S/C19H20N2O4/c1-2-13-4-3-5-15(8-13)25-16-10-21(11-16)19(22)20-14-6-7-17-18(9-14)24-12-23-17/h3-9,16H,2,10-12H2,1H3,(H,20,22). The maximum absolute atomic E-state index is 12.3. The van der Waals surface area contributed by atoms with Gasteiger partial charge in [-0.3, -0.25) is 0 Å². The number of hydrogen-bond acceptors (Lipinski definition) is 4. The van der Waals surface area contributed by atoms with Gasteiger partial charge in [0.1, 0.15) is 11.9 Å². The summed E-state index contributed by atoms with van der Waals surface area (Å²) in [7, 11) is 0.